The highest BCUT2D eigenvalue weighted by Gasteiger charge is 2.46. The van der Waals surface area contributed by atoms with Crippen LogP contribution in [0.25, 0.3) is 0 Å². The molecule has 1 unspecified atom stereocenters. The normalized spacial score (nSPS) is 34.0. The van der Waals surface area contributed by atoms with Crippen LogP contribution < -0.4 is 0 Å². The van der Waals surface area contributed by atoms with E-state index in [1.807, 2.05) is 0 Å². The van der Waals surface area contributed by atoms with Crippen LogP contribution in [0, 0.1) is 17.8 Å². The van der Waals surface area contributed by atoms with Crippen LogP contribution in [0.3, 0.4) is 0 Å². The van der Waals surface area contributed by atoms with Crippen LogP contribution >= 0.6 is 11.8 Å². The molecular formula is C14H21NO5S2. The fourth-order valence-corrected chi connectivity index (χ4v) is 7.01. The minimum atomic E-state index is -2.92. The number of thioether (sulfide) groups is 1. The lowest BCUT2D eigenvalue weighted by atomic mass is 9.92. The van der Waals surface area contributed by atoms with Gasteiger partial charge in [-0.25, -0.2) is 8.42 Å². The molecule has 3 atom stereocenters. The fourth-order valence-electron chi connectivity index (χ4n) is 3.47. The molecular weight excluding hydrogens is 326 g/mol. The maximum absolute atomic E-state index is 12.3. The molecule has 1 aliphatic carbocycles. The summed E-state index contributed by atoms with van der Waals surface area (Å²) in [4.78, 5) is 25.3. The summed E-state index contributed by atoms with van der Waals surface area (Å²) in [7, 11) is -2.92. The maximum atomic E-state index is 12.3. The SMILES string of the molecule is O=C(O)[C@H]1CN(C(=O)CSC2CCS(=O)(=O)C2)C[C@@H]1C1CC1. The van der Waals surface area contributed by atoms with Crippen molar-refractivity contribution < 1.29 is 23.1 Å². The van der Waals surface area contributed by atoms with Gasteiger partial charge in [-0.05, 0) is 31.1 Å². The zero-order valence-electron chi connectivity index (χ0n) is 12.3. The first-order valence-electron chi connectivity index (χ1n) is 7.68. The number of carbonyl (C=O) groups excluding carboxylic acids is 1. The second kappa shape index (κ2) is 6.03. The Labute approximate surface area is 134 Å². The van der Waals surface area contributed by atoms with Gasteiger partial charge in [-0.2, -0.15) is 0 Å². The summed E-state index contributed by atoms with van der Waals surface area (Å²) in [6.07, 6.45) is 2.76. The van der Waals surface area contributed by atoms with Gasteiger partial charge in [0.25, 0.3) is 0 Å². The van der Waals surface area contributed by atoms with Gasteiger partial charge >= 0.3 is 5.97 Å². The lowest BCUT2D eigenvalue weighted by molar-refractivity contribution is -0.142. The smallest absolute Gasteiger partial charge is 0.308 e. The Balaban J connectivity index is 1.51. The summed E-state index contributed by atoms with van der Waals surface area (Å²) in [6.45, 7) is 0.850. The van der Waals surface area contributed by atoms with Gasteiger partial charge in [0.1, 0.15) is 0 Å². The largest absolute Gasteiger partial charge is 0.481 e. The van der Waals surface area contributed by atoms with Crippen molar-refractivity contribution in [2.24, 2.45) is 17.8 Å². The van der Waals surface area contributed by atoms with E-state index in [4.69, 9.17) is 0 Å². The Bertz CT molecular complexity index is 572. The van der Waals surface area contributed by atoms with Gasteiger partial charge < -0.3 is 10.0 Å². The standard InChI is InChI=1S/C14H21NO5S2/c16-13(7-21-10-3-4-22(19,20)8-10)15-5-11(9-1-2-9)12(6-15)14(17)18/h9-12H,1-8H2,(H,17,18)/t10?,11-,12+/m1/s1. The molecule has 22 heavy (non-hydrogen) atoms. The van der Waals surface area contributed by atoms with Crippen molar-refractivity contribution in [3.8, 4) is 0 Å². The van der Waals surface area contributed by atoms with Crippen LogP contribution in [-0.2, 0) is 19.4 Å². The van der Waals surface area contributed by atoms with E-state index < -0.39 is 21.7 Å². The number of likely N-dealkylation sites (tertiary alicyclic amines) is 1. The van der Waals surface area contributed by atoms with E-state index in [-0.39, 0.29) is 34.3 Å². The number of nitrogens with zero attached hydrogens (tertiary/aromatic N) is 1. The third-order valence-electron chi connectivity index (χ3n) is 4.90. The molecule has 0 aromatic heterocycles. The summed E-state index contributed by atoms with van der Waals surface area (Å²) in [5, 5.41) is 9.32. The molecule has 6 nitrogen and oxygen atoms in total. The molecule has 0 bridgehead atoms. The third kappa shape index (κ3) is 3.59. The van der Waals surface area contributed by atoms with Crippen molar-refractivity contribution >= 4 is 33.5 Å². The Morgan fingerprint density at radius 2 is 1.91 bits per heavy atom. The number of carbonyl (C=O) groups is 2. The molecule has 124 valence electrons. The number of amides is 1. The molecule has 1 N–H and O–H groups in total. The molecule has 8 heteroatoms. The fraction of sp³-hybridized carbons (Fsp3) is 0.857. The van der Waals surface area contributed by atoms with Gasteiger partial charge in [0.15, 0.2) is 9.84 Å². The summed E-state index contributed by atoms with van der Waals surface area (Å²) in [5.41, 5.74) is 0. The second-order valence-corrected chi connectivity index (χ2v) is 10.1. The summed E-state index contributed by atoms with van der Waals surface area (Å²) < 4.78 is 22.8. The van der Waals surface area contributed by atoms with Crippen LogP contribution in [0.4, 0.5) is 0 Å². The lowest BCUT2D eigenvalue weighted by Gasteiger charge is -2.17. The van der Waals surface area contributed by atoms with Crippen molar-refractivity contribution in [2.45, 2.75) is 24.5 Å². The first kappa shape index (κ1) is 16.1. The van der Waals surface area contributed by atoms with E-state index >= 15 is 0 Å². The summed E-state index contributed by atoms with van der Waals surface area (Å²) >= 11 is 1.40. The highest BCUT2D eigenvalue weighted by Crippen LogP contribution is 2.44. The van der Waals surface area contributed by atoms with Crippen molar-refractivity contribution in [2.75, 3.05) is 30.3 Å². The van der Waals surface area contributed by atoms with E-state index in [0.29, 0.717) is 25.4 Å². The zero-order valence-corrected chi connectivity index (χ0v) is 13.9. The molecule has 1 amide bonds. The van der Waals surface area contributed by atoms with Gasteiger partial charge in [-0.15, -0.1) is 11.8 Å². The molecule has 1 saturated carbocycles. The zero-order chi connectivity index (χ0) is 15.9. The Morgan fingerprint density at radius 3 is 2.45 bits per heavy atom. The third-order valence-corrected chi connectivity index (χ3v) is 8.16. The van der Waals surface area contributed by atoms with Gasteiger partial charge in [0, 0.05) is 18.3 Å². The van der Waals surface area contributed by atoms with Crippen LogP contribution in [0.1, 0.15) is 19.3 Å². The van der Waals surface area contributed by atoms with Crippen LogP contribution in [-0.4, -0.2) is 65.9 Å². The lowest BCUT2D eigenvalue weighted by Crippen LogP contribution is -2.32. The maximum Gasteiger partial charge on any atom is 0.308 e. The average molecular weight is 347 g/mol. The van der Waals surface area contributed by atoms with Crippen LogP contribution in [0.2, 0.25) is 0 Å². The highest BCUT2D eigenvalue weighted by molar-refractivity contribution is 8.02. The number of sulfone groups is 1. The molecule has 2 aliphatic heterocycles. The van der Waals surface area contributed by atoms with Crippen LogP contribution in [0.15, 0.2) is 0 Å². The van der Waals surface area contributed by atoms with E-state index in [1.165, 1.54) is 11.8 Å². The molecule has 0 aromatic rings. The van der Waals surface area contributed by atoms with Gasteiger partial charge in [0.2, 0.25) is 5.91 Å². The van der Waals surface area contributed by atoms with Crippen molar-refractivity contribution in [1.82, 2.24) is 4.90 Å². The van der Waals surface area contributed by atoms with E-state index in [1.54, 1.807) is 4.90 Å². The second-order valence-electron chi connectivity index (χ2n) is 6.58. The summed E-state index contributed by atoms with van der Waals surface area (Å²) in [6, 6.07) is 0. The molecule has 0 spiro atoms. The van der Waals surface area contributed by atoms with E-state index in [2.05, 4.69) is 0 Å². The number of hydrogen-bond donors (Lipinski definition) is 1. The molecule has 3 rings (SSSR count). The van der Waals surface area contributed by atoms with E-state index in [9.17, 15) is 23.1 Å². The number of rotatable bonds is 5. The number of carboxylic acids is 1. The average Bonchev–Trinajstić information content (AvgIpc) is 3.09. The van der Waals surface area contributed by atoms with Crippen LogP contribution in [0.5, 0.6) is 0 Å². The van der Waals surface area contributed by atoms with E-state index in [0.717, 1.165) is 12.8 Å². The highest BCUT2D eigenvalue weighted by atomic mass is 32.2. The molecule has 2 saturated heterocycles. The monoisotopic (exact) mass is 347 g/mol. The number of aliphatic carboxylic acids is 1. The molecule has 0 aromatic carbocycles. The molecule has 0 radical (unpaired) electrons. The number of hydrogen-bond acceptors (Lipinski definition) is 5. The van der Waals surface area contributed by atoms with Gasteiger partial charge in [-0.3, -0.25) is 9.59 Å². The Morgan fingerprint density at radius 1 is 1.18 bits per heavy atom. The predicted octanol–water partition coefficient (Wildman–Crippen LogP) is 0.476. The minimum absolute atomic E-state index is 0.00560. The molecule has 3 aliphatic rings. The Kier molecular flexibility index (Phi) is 4.42. The minimum Gasteiger partial charge on any atom is -0.481 e. The van der Waals surface area contributed by atoms with Gasteiger partial charge in [-0.1, -0.05) is 0 Å². The molecule has 3 fully saturated rings. The molecule has 2 heterocycles. The first-order chi connectivity index (χ1) is 10.4. The van der Waals surface area contributed by atoms with Crippen molar-refractivity contribution in [3.05, 3.63) is 0 Å². The predicted molar refractivity (Wildman–Crippen MR) is 83.4 cm³/mol. The Hall–Kier alpha value is -0.760. The van der Waals surface area contributed by atoms with Gasteiger partial charge in [0.05, 0.1) is 23.2 Å². The topological polar surface area (TPSA) is 91.8 Å². The number of carboxylic acid groups (broad SMARTS) is 1. The van der Waals surface area contributed by atoms with Crippen molar-refractivity contribution in [1.29, 1.82) is 0 Å². The van der Waals surface area contributed by atoms with Crippen molar-refractivity contribution in [3.63, 3.8) is 0 Å². The summed E-state index contributed by atoms with van der Waals surface area (Å²) in [5.74, 6) is -0.103. The quantitative estimate of drug-likeness (QED) is 0.777. The first-order valence-corrected chi connectivity index (χ1v) is 10.6.